The highest BCUT2D eigenvalue weighted by Crippen LogP contribution is 2.31. The van der Waals surface area contributed by atoms with E-state index >= 15 is 0 Å². The van der Waals surface area contributed by atoms with Crippen LogP contribution < -0.4 is 15.2 Å². The van der Waals surface area contributed by atoms with E-state index in [9.17, 15) is 19.2 Å². The Morgan fingerprint density at radius 1 is 0.861 bits per heavy atom. The van der Waals surface area contributed by atoms with E-state index in [1.54, 1.807) is 13.8 Å². The second-order valence-corrected chi connectivity index (χ2v) is 8.06. The van der Waals surface area contributed by atoms with Gasteiger partial charge in [-0.1, -0.05) is 19.9 Å². The summed E-state index contributed by atoms with van der Waals surface area (Å²) in [5, 5.41) is 0. The Morgan fingerprint density at radius 2 is 1.44 bits per heavy atom. The zero-order valence-corrected chi connectivity index (χ0v) is 21.3. The molecule has 202 valence electrons. The molecule has 0 aliphatic rings. The number of rotatable bonds is 13. The summed E-state index contributed by atoms with van der Waals surface area (Å²) >= 11 is 0. The van der Waals surface area contributed by atoms with Crippen molar-refractivity contribution < 1.29 is 52.3 Å². The maximum atomic E-state index is 12.5. The summed E-state index contributed by atoms with van der Waals surface area (Å²) in [6, 6.07) is 4.22. The van der Waals surface area contributed by atoms with Crippen LogP contribution in [0.1, 0.15) is 46.1 Å². The van der Waals surface area contributed by atoms with Gasteiger partial charge in [0.1, 0.15) is 5.54 Å². The third kappa shape index (κ3) is 10.8. The number of carbonyl (C=O) groups is 4. The molecule has 0 saturated carbocycles. The Morgan fingerprint density at radius 3 is 2.00 bits per heavy atom. The normalized spacial score (nSPS) is 12.2. The van der Waals surface area contributed by atoms with Crippen LogP contribution in [0.2, 0.25) is 0 Å². The van der Waals surface area contributed by atoms with Gasteiger partial charge in [0.25, 0.3) is 0 Å². The van der Waals surface area contributed by atoms with Crippen LogP contribution in [0.5, 0.6) is 11.5 Å². The molecule has 0 fully saturated rings. The Labute approximate surface area is 210 Å². The first-order chi connectivity index (χ1) is 17.0. The van der Waals surface area contributed by atoms with E-state index in [-0.39, 0.29) is 50.8 Å². The second kappa shape index (κ2) is 15.5. The minimum atomic E-state index is -1.60. The van der Waals surface area contributed by atoms with E-state index in [0.29, 0.717) is 17.9 Å². The largest absolute Gasteiger partial charge is 0.513 e. The number of hydrogen-bond acceptors (Lipinski definition) is 12. The fourth-order valence-corrected chi connectivity index (χ4v) is 2.87. The lowest BCUT2D eigenvalue weighted by Crippen LogP contribution is -2.51. The molecule has 0 radical (unpaired) electrons. The van der Waals surface area contributed by atoms with E-state index in [1.807, 2.05) is 13.8 Å². The van der Waals surface area contributed by atoms with Crippen molar-refractivity contribution in [3.8, 4) is 11.5 Å². The van der Waals surface area contributed by atoms with Crippen LogP contribution >= 0.6 is 0 Å². The highest BCUT2D eigenvalue weighted by Gasteiger charge is 2.36. The number of methoxy groups -OCH3 is 1. The molecular weight excluding hydrogens is 478 g/mol. The van der Waals surface area contributed by atoms with Crippen molar-refractivity contribution in [1.82, 2.24) is 0 Å². The van der Waals surface area contributed by atoms with Gasteiger partial charge in [0.15, 0.2) is 11.5 Å². The first-order valence-corrected chi connectivity index (χ1v) is 11.5. The number of carbonyl (C=O) groups excluding carboxylic acids is 4. The maximum Gasteiger partial charge on any atom is 0.513 e. The molecule has 0 amide bonds. The van der Waals surface area contributed by atoms with Gasteiger partial charge in [-0.15, -0.1) is 0 Å². The number of benzene rings is 1. The van der Waals surface area contributed by atoms with E-state index in [0.717, 1.165) is 0 Å². The molecule has 12 heteroatoms. The lowest BCUT2D eigenvalue weighted by atomic mass is 9.88. The molecule has 0 saturated heterocycles. The first kappa shape index (κ1) is 30.5. The third-order valence-corrected chi connectivity index (χ3v) is 4.71. The summed E-state index contributed by atoms with van der Waals surface area (Å²) in [4.78, 5) is 47.9. The van der Waals surface area contributed by atoms with Gasteiger partial charge in [-0.3, -0.25) is 4.79 Å². The molecule has 1 aromatic carbocycles. The quantitative estimate of drug-likeness (QED) is 0.231. The first-order valence-electron chi connectivity index (χ1n) is 11.5. The molecular formula is C24H35NO11. The molecule has 0 heterocycles. The molecule has 0 bridgehead atoms. The smallest absolute Gasteiger partial charge is 0.468 e. The Balaban J connectivity index is 3.01. The van der Waals surface area contributed by atoms with E-state index in [4.69, 9.17) is 38.9 Å². The lowest BCUT2D eigenvalue weighted by molar-refractivity contribution is -0.147. The van der Waals surface area contributed by atoms with Crippen molar-refractivity contribution in [2.75, 3.05) is 33.5 Å². The highest BCUT2D eigenvalue weighted by atomic mass is 16.7. The van der Waals surface area contributed by atoms with Crippen LogP contribution in [0, 0.1) is 5.92 Å². The molecule has 1 rings (SSSR count). The summed E-state index contributed by atoms with van der Waals surface area (Å²) in [7, 11) is 1.18. The fourth-order valence-electron chi connectivity index (χ4n) is 2.87. The van der Waals surface area contributed by atoms with Crippen molar-refractivity contribution in [1.29, 1.82) is 0 Å². The van der Waals surface area contributed by atoms with Gasteiger partial charge < -0.3 is 38.9 Å². The summed E-state index contributed by atoms with van der Waals surface area (Å²) in [6.45, 7) is 7.32. The molecule has 12 nitrogen and oxygen atoms in total. The van der Waals surface area contributed by atoms with Crippen LogP contribution in [0.25, 0.3) is 0 Å². The predicted octanol–water partition coefficient (Wildman–Crippen LogP) is 3.76. The van der Waals surface area contributed by atoms with Gasteiger partial charge in [-0.25, -0.2) is 14.4 Å². The molecule has 0 unspecified atom stereocenters. The average Bonchev–Trinajstić information content (AvgIpc) is 2.80. The molecule has 0 spiro atoms. The van der Waals surface area contributed by atoms with Crippen LogP contribution in [0.15, 0.2) is 18.2 Å². The molecule has 2 N–H and O–H groups in total. The van der Waals surface area contributed by atoms with Gasteiger partial charge in [0.2, 0.25) is 0 Å². The zero-order chi connectivity index (χ0) is 27.1. The third-order valence-electron chi connectivity index (χ3n) is 4.71. The maximum absolute atomic E-state index is 12.5. The monoisotopic (exact) mass is 513 g/mol. The Kier molecular flexibility index (Phi) is 13.1. The van der Waals surface area contributed by atoms with Gasteiger partial charge in [0, 0.05) is 12.8 Å². The summed E-state index contributed by atoms with van der Waals surface area (Å²) in [5.74, 6) is -0.658. The number of ether oxygens (including phenoxy) is 7. The van der Waals surface area contributed by atoms with E-state index in [2.05, 4.69) is 0 Å². The highest BCUT2D eigenvalue weighted by molar-refractivity contribution is 5.81. The van der Waals surface area contributed by atoms with Crippen molar-refractivity contribution in [2.45, 2.75) is 52.5 Å². The summed E-state index contributed by atoms with van der Waals surface area (Å²) < 4.78 is 34.6. The molecule has 0 aliphatic heterocycles. The molecule has 36 heavy (non-hydrogen) atoms. The van der Waals surface area contributed by atoms with Crippen molar-refractivity contribution in [3.63, 3.8) is 0 Å². The van der Waals surface area contributed by atoms with Gasteiger partial charge >= 0.3 is 24.4 Å². The Hall–Kier alpha value is -3.54. The second-order valence-electron chi connectivity index (χ2n) is 8.06. The molecule has 1 atom stereocenters. The number of nitrogens with two attached hydrogens (primary N) is 1. The van der Waals surface area contributed by atoms with Gasteiger partial charge in [-0.2, -0.15) is 0 Å². The van der Waals surface area contributed by atoms with Crippen LogP contribution in [0.3, 0.4) is 0 Å². The number of esters is 1. The van der Waals surface area contributed by atoms with Gasteiger partial charge in [-0.05, 0) is 43.9 Å². The van der Waals surface area contributed by atoms with E-state index in [1.165, 1.54) is 25.3 Å². The lowest BCUT2D eigenvalue weighted by Gasteiger charge is -2.26. The average molecular weight is 514 g/mol. The summed E-state index contributed by atoms with van der Waals surface area (Å²) in [5.41, 5.74) is 5.15. The molecule has 1 aromatic rings. The molecule has 0 aliphatic carbocycles. The zero-order valence-electron chi connectivity index (χ0n) is 21.3. The number of hydrogen-bond donors (Lipinski definition) is 1. The minimum Gasteiger partial charge on any atom is -0.468 e. The standard InChI is InChI=1S/C24H35NO11/c1-6-31-22(28)35-18-9-8-17(14-19(18)36-23(29)32-7-2)15-24(25,20(26)30-5)11-13-34-21(27)33-12-10-16(3)4/h8-9,14,16H,6-7,10-13,15,25H2,1-5H3/t24-/m1/s1. The molecule has 0 aromatic heterocycles. The van der Waals surface area contributed by atoms with Gasteiger partial charge in [0.05, 0.1) is 33.5 Å². The van der Waals surface area contributed by atoms with Crippen molar-refractivity contribution in [3.05, 3.63) is 23.8 Å². The van der Waals surface area contributed by atoms with E-state index < -0.39 is 30.0 Å². The summed E-state index contributed by atoms with van der Waals surface area (Å²) in [6.07, 6.45) is -2.39. The van der Waals surface area contributed by atoms with Crippen molar-refractivity contribution >= 4 is 24.4 Å². The predicted molar refractivity (Wildman–Crippen MR) is 126 cm³/mol. The van der Waals surface area contributed by atoms with Crippen LogP contribution in [-0.4, -0.2) is 63.5 Å². The van der Waals surface area contributed by atoms with Crippen molar-refractivity contribution in [2.24, 2.45) is 11.7 Å². The van der Waals surface area contributed by atoms with Crippen LogP contribution in [-0.2, 0) is 34.9 Å². The Bertz CT molecular complexity index is 887. The SMILES string of the molecule is CCOC(=O)Oc1ccc(C[C@](N)(CCOC(=O)OCCC(C)C)C(=O)OC)cc1OC(=O)OCC. The minimum absolute atomic E-state index is 0.0563. The fraction of sp³-hybridized carbons (Fsp3) is 0.583. The van der Waals surface area contributed by atoms with Crippen LogP contribution in [0.4, 0.5) is 14.4 Å². The topological polar surface area (TPSA) is 159 Å².